The number of para-hydroxylation sites is 1. The maximum absolute atomic E-state index is 13.9. The van der Waals surface area contributed by atoms with Crippen LogP contribution in [0.2, 0.25) is 0 Å². The summed E-state index contributed by atoms with van der Waals surface area (Å²) in [6.45, 7) is 13.3. The molecule has 2 aromatic rings. The number of nitrogens with one attached hydrogen (secondary N) is 2. The average Bonchev–Trinajstić information content (AvgIpc) is 2.79. The van der Waals surface area contributed by atoms with Crippen LogP contribution in [0, 0.1) is 20.8 Å². The lowest BCUT2D eigenvalue weighted by atomic mass is 9.97. The van der Waals surface area contributed by atoms with Gasteiger partial charge in [-0.05, 0) is 70.2 Å². The monoisotopic (exact) mass is 495 g/mol. The summed E-state index contributed by atoms with van der Waals surface area (Å²) in [5.41, 5.74) is 3.62. The molecule has 3 amide bonds. The van der Waals surface area contributed by atoms with Crippen molar-refractivity contribution in [3.63, 3.8) is 0 Å². The van der Waals surface area contributed by atoms with Crippen LogP contribution >= 0.6 is 0 Å². The van der Waals surface area contributed by atoms with Crippen molar-refractivity contribution in [3.8, 4) is 0 Å². The zero-order chi connectivity index (χ0) is 26.9. The van der Waals surface area contributed by atoms with E-state index in [2.05, 4.69) is 17.6 Å². The summed E-state index contributed by atoms with van der Waals surface area (Å²) in [7, 11) is 0. The normalized spacial score (nSPS) is 12.0. The molecule has 1 unspecified atom stereocenters. The van der Waals surface area contributed by atoms with Crippen LogP contribution in [-0.2, 0) is 14.3 Å². The molecule has 0 fully saturated rings. The number of hydrogen-bond donors (Lipinski definition) is 2. The number of rotatable bonds is 10. The van der Waals surface area contributed by atoms with Crippen molar-refractivity contribution >= 4 is 23.6 Å². The molecular weight excluding hydrogens is 454 g/mol. The van der Waals surface area contributed by atoms with Gasteiger partial charge in [-0.25, -0.2) is 4.79 Å². The van der Waals surface area contributed by atoms with E-state index in [4.69, 9.17) is 4.74 Å². The van der Waals surface area contributed by atoms with E-state index in [1.165, 1.54) is 0 Å². The summed E-state index contributed by atoms with van der Waals surface area (Å²) < 4.78 is 5.28. The van der Waals surface area contributed by atoms with E-state index in [9.17, 15) is 14.4 Å². The number of amides is 3. The van der Waals surface area contributed by atoms with Crippen molar-refractivity contribution in [1.29, 1.82) is 0 Å². The second-order valence-electron chi connectivity index (χ2n) is 10.2. The minimum Gasteiger partial charge on any atom is -0.444 e. The van der Waals surface area contributed by atoms with E-state index >= 15 is 0 Å². The van der Waals surface area contributed by atoms with Gasteiger partial charge >= 0.3 is 6.09 Å². The summed E-state index contributed by atoms with van der Waals surface area (Å²) in [4.78, 5) is 41.1. The first kappa shape index (κ1) is 28.9. The third-order valence-electron chi connectivity index (χ3n) is 5.88. The number of benzene rings is 2. The van der Waals surface area contributed by atoms with Gasteiger partial charge in [0.15, 0.2) is 0 Å². The molecule has 1 atom stereocenters. The van der Waals surface area contributed by atoms with Crippen LogP contribution in [0.5, 0.6) is 0 Å². The summed E-state index contributed by atoms with van der Waals surface area (Å²) in [5, 5.41) is 5.63. The summed E-state index contributed by atoms with van der Waals surface area (Å²) in [6, 6.07) is 12.6. The molecule has 0 spiro atoms. The van der Waals surface area contributed by atoms with Crippen LogP contribution < -0.4 is 10.6 Å². The molecule has 0 saturated heterocycles. The number of unbranched alkanes of at least 4 members (excludes halogenated alkanes) is 2. The van der Waals surface area contributed by atoms with E-state index in [0.29, 0.717) is 6.54 Å². The maximum atomic E-state index is 13.9. The topological polar surface area (TPSA) is 87.7 Å². The van der Waals surface area contributed by atoms with Crippen LogP contribution in [0.15, 0.2) is 42.5 Å². The molecule has 0 aliphatic heterocycles. The number of hydrogen-bond acceptors (Lipinski definition) is 4. The molecule has 0 bridgehead atoms. The molecule has 7 nitrogen and oxygen atoms in total. The van der Waals surface area contributed by atoms with Crippen molar-refractivity contribution in [2.75, 3.05) is 18.4 Å². The molecule has 196 valence electrons. The third kappa shape index (κ3) is 8.40. The molecule has 0 aliphatic rings. The van der Waals surface area contributed by atoms with Gasteiger partial charge in [-0.3, -0.25) is 9.59 Å². The van der Waals surface area contributed by atoms with Gasteiger partial charge in [0, 0.05) is 12.2 Å². The maximum Gasteiger partial charge on any atom is 0.408 e. The summed E-state index contributed by atoms with van der Waals surface area (Å²) in [5.74, 6) is -0.634. The number of nitrogens with zero attached hydrogens (tertiary/aromatic N) is 1. The Morgan fingerprint density at radius 3 is 2.11 bits per heavy atom. The van der Waals surface area contributed by atoms with Gasteiger partial charge in [0.1, 0.15) is 18.2 Å². The highest BCUT2D eigenvalue weighted by Crippen LogP contribution is 2.28. The van der Waals surface area contributed by atoms with E-state index in [1.807, 2.05) is 63.2 Å². The van der Waals surface area contributed by atoms with Gasteiger partial charge in [-0.2, -0.15) is 0 Å². The molecule has 36 heavy (non-hydrogen) atoms. The molecule has 2 aromatic carbocycles. The number of alkyl carbamates (subject to hydrolysis) is 1. The van der Waals surface area contributed by atoms with Gasteiger partial charge < -0.3 is 20.3 Å². The van der Waals surface area contributed by atoms with Gasteiger partial charge in [0.25, 0.3) is 5.91 Å². The Bertz CT molecular complexity index is 1040. The Morgan fingerprint density at radius 1 is 0.917 bits per heavy atom. The minimum absolute atomic E-state index is 0.264. The highest BCUT2D eigenvalue weighted by atomic mass is 16.6. The van der Waals surface area contributed by atoms with E-state index in [-0.39, 0.29) is 18.4 Å². The summed E-state index contributed by atoms with van der Waals surface area (Å²) >= 11 is 0. The quantitative estimate of drug-likeness (QED) is 0.406. The van der Waals surface area contributed by atoms with E-state index in [1.54, 1.807) is 25.7 Å². The lowest BCUT2D eigenvalue weighted by molar-refractivity contribution is -0.138. The predicted molar refractivity (Wildman–Crippen MR) is 144 cm³/mol. The average molecular weight is 496 g/mol. The molecule has 0 aliphatic carbocycles. The first-order chi connectivity index (χ1) is 16.9. The predicted octanol–water partition coefficient (Wildman–Crippen LogP) is 5.84. The fraction of sp³-hybridized carbons (Fsp3) is 0.483. The van der Waals surface area contributed by atoms with Crippen molar-refractivity contribution in [3.05, 3.63) is 64.7 Å². The summed E-state index contributed by atoms with van der Waals surface area (Å²) in [6.07, 6.45) is 1.97. The zero-order valence-electron chi connectivity index (χ0n) is 22.7. The fourth-order valence-corrected chi connectivity index (χ4v) is 4.04. The Morgan fingerprint density at radius 2 is 1.53 bits per heavy atom. The second-order valence-corrected chi connectivity index (χ2v) is 10.2. The van der Waals surface area contributed by atoms with E-state index in [0.717, 1.165) is 47.2 Å². The molecule has 0 radical (unpaired) electrons. The molecule has 0 saturated carbocycles. The largest absolute Gasteiger partial charge is 0.444 e. The van der Waals surface area contributed by atoms with Crippen LogP contribution in [-0.4, -0.2) is 41.5 Å². The SMILES string of the molecule is CCCCCN(C(=O)CNC(=O)OC(C)(C)C)C(C(=O)Nc1c(C)cccc1C)c1ccccc1C. The van der Waals surface area contributed by atoms with Crippen molar-refractivity contribution in [2.45, 2.75) is 79.4 Å². The third-order valence-corrected chi connectivity index (χ3v) is 5.88. The van der Waals surface area contributed by atoms with Crippen LogP contribution in [0.3, 0.4) is 0 Å². The minimum atomic E-state index is -0.852. The first-order valence-electron chi connectivity index (χ1n) is 12.6. The second kappa shape index (κ2) is 13.1. The Kier molecular flexibility index (Phi) is 10.5. The number of ether oxygens (including phenoxy) is 1. The highest BCUT2D eigenvalue weighted by Gasteiger charge is 2.33. The fourth-order valence-electron chi connectivity index (χ4n) is 4.04. The Balaban J connectivity index is 2.42. The van der Waals surface area contributed by atoms with Crippen molar-refractivity contribution in [2.24, 2.45) is 0 Å². The van der Waals surface area contributed by atoms with Gasteiger partial charge in [0.05, 0.1) is 0 Å². The molecular formula is C29H41N3O4. The Hall–Kier alpha value is -3.35. The number of carbonyl (C=O) groups is 3. The first-order valence-corrected chi connectivity index (χ1v) is 12.6. The lowest BCUT2D eigenvalue weighted by Gasteiger charge is -2.33. The molecule has 7 heteroatoms. The number of carbonyl (C=O) groups excluding carboxylic acids is 3. The van der Waals surface area contributed by atoms with E-state index < -0.39 is 17.7 Å². The van der Waals surface area contributed by atoms with Gasteiger partial charge in [-0.1, -0.05) is 62.2 Å². The smallest absolute Gasteiger partial charge is 0.408 e. The molecule has 0 aromatic heterocycles. The standard InChI is InChI=1S/C29H41N3O4/c1-8-9-12-18-32(24(33)19-30-28(35)36-29(5,6)7)26(23-17-11-10-14-20(23)2)27(34)31-25-21(3)15-13-16-22(25)4/h10-11,13-17,26H,8-9,12,18-19H2,1-7H3,(H,30,35)(H,31,34). The molecule has 2 N–H and O–H groups in total. The number of aryl methyl sites for hydroxylation is 3. The molecule has 2 rings (SSSR count). The molecule has 0 heterocycles. The van der Waals surface area contributed by atoms with Gasteiger partial charge in [0.2, 0.25) is 5.91 Å². The number of anilines is 1. The van der Waals surface area contributed by atoms with Gasteiger partial charge in [-0.15, -0.1) is 0 Å². The van der Waals surface area contributed by atoms with Crippen molar-refractivity contribution in [1.82, 2.24) is 10.2 Å². The lowest BCUT2D eigenvalue weighted by Crippen LogP contribution is -2.47. The van der Waals surface area contributed by atoms with Crippen LogP contribution in [0.1, 0.15) is 75.3 Å². The highest BCUT2D eigenvalue weighted by molar-refractivity contribution is 5.99. The zero-order valence-corrected chi connectivity index (χ0v) is 22.7. The van der Waals surface area contributed by atoms with Crippen LogP contribution in [0.4, 0.5) is 10.5 Å². The Labute approximate surface area is 215 Å². The van der Waals surface area contributed by atoms with Crippen molar-refractivity contribution < 1.29 is 19.1 Å². The van der Waals surface area contributed by atoms with Crippen LogP contribution in [0.25, 0.3) is 0 Å².